The normalized spacial score (nSPS) is 14.2. The molecule has 1 aliphatic heterocycles. The van der Waals surface area contributed by atoms with Gasteiger partial charge in [-0.2, -0.15) is 0 Å². The molecule has 16 heavy (non-hydrogen) atoms. The summed E-state index contributed by atoms with van der Waals surface area (Å²) >= 11 is 0. The number of benzene rings is 1. The number of nitrogens with zero attached hydrogens (tertiary/aromatic N) is 1. The fraction of sp³-hybridized carbons (Fsp3) is 0.417. The number of fused-ring (bicyclic) bond motifs is 1. The van der Waals surface area contributed by atoms with Gasteiger partial charge >= 0.3 is 0 Å². The lowest BCUT2D eigenvalue weighted by molar-refractivity contribution is -0.118. The molecule has 0 saturated heterocycles. The van der Waals surface area contributed by atoms with Crippen molar-refractivity contribution >= 4 is 11.6 Å². The van der Waals surface area contributed by atoms with E-state index < -0.39 is 0 Å². The molecular weight excluding hydrogens is 204 g/mol. The van der Waals surface area contributed by atoms with Gasteiger partial charge in [-0.15, -0.1) is 0 Å². The summed E-state index contributed by atoms with van der Waals surface area (Å²) < 4.78 is 5.54. The summed E-state index contributed by atoms with van der Waals surface area (Å²) in [4.78, 5) is 13.5. The van der Waals surface area contributed by atoms with Crippen molar-refractivity contribution in [1.82, 2.24) is 0 Å². The predicted octanol–water partition coefficient (Wildman–Crippen LogP) is 1.28. The number of rotatable bonds is 2. The largest absolute Gasteiger partial charge is 0.490 e. The Bertz CT molecular complexity index is 404. The lowest BCUT2D eigenvalue weighted by atomic mass is 10.1. The van der Waals surface area contributed by atoms with E-state index in [-0.39, 0.29) is 5.91 Å². The average Bonchev–Trinajstić information content (AvgIpc) is 2.36. The van der Waals surface area contributed by atoms with Gasteiger partial charge in [0.2, 0.25) is 5.91 Å². The van der Waals surface area contributed by atoms with Crippen molar-refractivity contribution in [3.63, 3.8) is 0 Å². The van der Waals surface area contributed by atoms with Crippen LogP contribution in [-0.4, -0.2) is 19.1 Å². The highest BCUT2D eigenvalue weighted by Gasteiger charge is 2.22. The number of carbonyl (C=O) groups excluding carboxylic acids is 1. The molecule has 4 heteroatoms. The van der Waals surface area contributed by atoms with E-state index in [2.05, 4.69) is 0 Å². The molecule has 0 bridgehead atoms. The maximum atomic E-state index is 11.7. The molecule has 1 aliphatic rings. The average molecular weight is 220 g/mol. The summed E-state index contributed by atoms with van der Waals surface area (Å²) in [7, 11) is 0. The van der Waals surface area contributed by atoms with Crippen LogP contribution in [0, 0.1) is 0 Å². The molecule has 1 aromatic carbocycles. The Morgan fingerprint density at radius 1 is 1.56 bits per heavy atom. The molecule has 0 fully saturated rings. The van der Waals surface area contributed by atoms with Crippen molar-refractivity contribution in [2.45, 2.75) is 19.9 Å². The summed E-state index contributed by atoms with van der Waals surface area (Å²) in [5.74, 6) is 0.890. The third kappa shape index (κ3) is 1.88. The van der Waals surface area contributed by atoms with Crippen molar-refractivity contribution < 1.29 is 9.53 Å². The van der Waals surface area contributed by atoms with E-state index >= 15 is 0 Å². The zero-order valence-electron chi connectivity index (χ0n) is 9.40. The first-order chi connectivity index (χ1) is 7.76. The molecule has 0 aromatic heterocycles. The van der Waals surface area contributed by atoms with Gasteiger partial charge in [-0.3, -0.25) is 4.79 Å². The fourth-order valence-corrected chi connectivity index (χ4v) is 1.84. The minimum Gasteiger partial charge on any atom is -0.490 e. The van der Waals surface area contributed by atoms with Gasteiger partial charge in [-0.1, -0.05) is 13.0 Å². The topological polar surface area (TPSA) is 55.6 Å². The minimum absolute atomic E-state index is 0.130. The van der Waals surface area contributed by atoms with Gasteiger partial charge < -0.3 is 15.4 Å². The van der Waals surface area contributed by atoms with Crippen LogP contribution in [-0.2, 0) is 11.3 Å². The lowest BCUT2D eigenvalue weighted by Crippen LogP contribution is -2.37. The molecule has 2 rings (SSSR count). The molecule has 0 spiro atoms. The SMILES string of the molecule is CCC(=O)N1CCOc2cc(CN)ccc21. The van der Waals surface area contributed by atoms with E-state index in [4.69, 9.17) is 10.5 Å². The smallest absolute Gasteiger partial charge is 0.226 e. The molecule has 1 amide bonds. The van der Waals surface area contributed by atoms with Crippen molar-refractivity contribution in [2.75, 3.05) is 18.1 Å². The molecule has 0 unspecified atom stereocenters. The Kier molecular flexibility index (Phi) is 3.10. The van der Waals surface area contributed by atoms with Gasteiger partial charge in [0.15, 0.2) is 0 Å². The number of hydrogen-bond donors (Lipinski definition) is 1. The Balaban J connectivity index is 2.36. The highest BCUT2D eigenvalue weighted by molar-refractivity contribution is 5.95. The Morgan fingerprint density at radius 2 is 2.38 bits per heavy atom. The first kappa shape index (κ1) is 11.0. The maximum Gasteiger partial charge on any atom is 0.226 e. The standard InChI is InChI=1S/C12H16N2O2/c1-2-12(15)14-5-6-16-11-7-9(8-13)3-4-10(11)14/h3-4,7H,2,5-6,8,13H2,1H3. The monoisotopic (exact) mass is 220 g/mol. The van der Waals surface area contributed by atoms with Crippen molar-refractivity contribution in [1.29, 1.82) is 0 Å². The number of amides is 1. The molecule has 0 saturated carbocycles. The van der Waals surface area contributed by atoms with Gasteiger partial charge in [0.1, 0.15) is 12.4 Å². The molecule has 1 heterocycles. The summed E-state index contributed by atoms with van der Waals surface area (Å²) in [6, 6.07) is 5.75. The van der Waals surface area contributed by atoms with Crippen LogP contribution in [0.4, 0.5) is 5.69 Å². The van der Waals surface area contributed by atoms with Crippen molar-refractivity contribution in [3.05, 3.63) is 23.8 Å². The van der Waals surface area contributed by atoms with Gasteiger partial charge in [0.05, 0.1) is 12.2 Å². The van der Waals surface area contributed by atoms with Crippen LogP contribution in [0.3, 0.4) is 0 Å². The zero-order chi connectivity index (χ0) is 11.5. The molecule has 4 nitrogen and oxygen atoms in total. The van der Waals surface area contributed by atoms with E-state index in [0.717, 1.165) is 17.0 Å². The summed E-state index contributed by atoms with van der Waals surface area (Å²) in [5.41, 5.74) is 7.44. The van der Waals surface area contributed by atoms with Crippen molar-refractivity contribution in [2.24, 2.45) is 5.73 Å². The summed E-state index contributed by atoms with van der Waals surface area (Å²) in [5, 5.41) is 0. The van der Waals surface area contributed by atoms with E-state index in [0.29, 0.717) is 26.1 Å². The number of ether oxygens (including phenoxy) is 1. The number of nitrogens with two attached hydrogens (primary N) is 1. The molecule has 86 valence electrons. The van der Waals surface area contributed by atoms with E-state index in [1.807, 2.05) is 25.1 Å². The fourth-order valence-electron chi connectivity index (χ4n) is 1.84. The first-order valence-electron chi connectivity index (χ1n) is 5.52. The molecule has 0 aliphatic carbocycles. The van der Waals surface area contributed by atoms with Crippen LogP contribution in [0.5, 0.6) is 5.75 Å². The first-order valence-corrected chi connectivity index (χ1v) is 5.52. The van der Waals surface area contributed by atoms with E-state index in [1.54, 1.807) is 4.90 Å². The molecule has 2 N–H and O–H groups in total. The number of carbonyl (C=O) groups is 1. The van der Waals surface area contributed by atoms with Gasteiger partial charge in [-0.25, -0.2) is 0 Å². The zero-order valence-corrected chi connectivity index (χ0v) is 9.40. The van der Waals surface area contributed by atoms with Crippen LogP contribution in [0.1, 0.15) is 18.9 Å². The number of hydrogen-bond acceptors (Lipinski definition) is 3. The second-order valence-corrected chi connectivity index (χ2v) is 3.75. The third-order valence-electron chi connectivity index (χ3n) is 2.73. The lowest BCUT2D eigenvalue weighted by Gasteiger charge is -2.29. The Morgan fingerprint density at radius 3 is 3.06 bits per heavy atom. The van der Waals surface area contributed by atoms with Gasteiger partial charge in [0, 0.05) is 13.0 Å². The van der Waals surface area contributed by atoms with Crippen LogP contribution >= 0.6 is 0 Å². The quantitative estimate of drug-likeness (QED) is 0.816. The summed E-state index contributed by atoms with van der Waals surface area (Å²) in [6.07, 6.45) is 0.512. The summed E-state index contributed by atoms with van der Waals surface area (Å²) in [6.45, 7) is 3.53. The van der Waals surface area contributed by atoms with E-state index in [1.165, 1.54) is 0 Å². The molecule has 0 radical (unpaired) electrons. The highest BCUT2D eigenvalue weighted by atomic mass is 16.5. The van der Waals surface area contributed by atoms with Gasteiger partial charge in [0.25, 0.3) is 0 Å². The van der Waals surface area contributed by atoms with Crippen LogP contribution in [0.2, 0.25) is 0 Å². The predicted molar refractivity (Wildman–Crippen MR) is 62.5 cm³/mol. The molecular formula is C12H16N2O2. The Hall–Kier alpha value is -1.55. The number of anilines is 1. The molecule has 1 aromatic rings. The second-order valence-electron chi connectivity index (χ2n) is 3.75. The Labute approximate surface area is 95.0 Å². The minimum atomic E-state index is 0.130. The van der Waals surface area contributed by atoms with Crippen molar-refractivity contribution in [3.8, 4) is 5.75 Å². The van der Waals surface area contributed by atoms with Crippen LogP contribution in [0.25, 0.3) is 0 Å². The maximum absolute atomic E-state index is 11.7. The van der Waals surface area contributed by atoms with Gasteiger partial charge in [-0.05, 0) is 17.7 Å². The highest BCUT2D eigenvalue weighted by Crippen LogP contribution is 2.32. The second kappa shape index (κ2) is 4.53. The van der Waals surface area contributed by atoms with Crippen LogP contribution in [0.15, 0.2) is 18.2 Å². The van der Waals surface area contributed by atoms with E-state index in [9.17, 15) is 4.79 Å². The third-order valence-corrected chi connectivity index (χ3v) is 2.73. The molecule has 0 atom stereocenters. The van der Waals surface area contributed by atoms with Crippen LogP contribution < -0.4 is 15.4 Å².